The molecule has 5 amide bonds. The Morgan fingerprint density at radius 1 is 0.646 bits per heavy atom. The molecule has 4 saturated heterocycles. The highest BCUT2D eigenvalue weighted by Crippen LogP contribution is 2.49. The van der Waals surface area contributed by atoms with E-state index in [0.717, 1.165) is 92.1 Å². The van der Waals surface area contributed by atoms with E-state index in [-0.39, 0.29) is 55.6 Å². The van der Waals surface area contributed by atoms with Gasteiger partial charge in [-0.25, -0.2) is 9.18 Å². The van der Waals surface area contributed by atoms with Gasteiger partial charge in [0.1, 0.15) is 30.9 Å². The first-order valence-corrected chi connectivity index (χ1v) is 34.3. The van der Waals surface area contributed by atoms with Crippen molar-refractivity contribution in [2.24, 2.45) is 5.92 Å². The maximum absolute atomic E-state index is 14.3. The molecular weight excluding hydrogens is 1290 g/mol. The van der Waals surface area contributed by atoms with E-state index in [1.54, 1.807) is 23.9 Å². The van der Waals surface area contributed by atoms with Gasteiger partial charge < -0.3 is 48.5 Å². The van der Waals surface area contributed by atoms with Gasteiger partial charge >= 0.3 is 18.4 Å². The van der Waals surface area contributed by atoms with Crippen LogP contribution in [0.5, 0.6) is 0 Å². The minimum atomic E-state index is -5.15. The molecule has 23 heteroatoms. The number of hydrogen-bond donors (Lipinski definition) is 1. The molecule has 5 aliphatic rings. The number of ether oxygens (including phenoxy) is 3. The summed E-state index contributed by atoms with van der Waals surface area (Å²) in [6, 6.07) is 39.7. The number of likely N-dealkylation sites (N-methyl/N-ethyl adjacent to an activating group) is 2. The van der Waals surface area contributed by atoms with E-state index in [4.69, 9.17) is 14.2 Å². The highest BCUT2D eigenvalue weighted by Gasteiger charge is 2.50. The Morgan fingerprint density at radius 2 is 1.27 bits per heavy atom. The third-order valence-electron chi connectivity index (χ3n) is 20.9. The number of para-hydroxylation sites is 1. The number of likely N-dealkylation sites (tertiary alicyclic amines) is 2. The second-order valence-electron chi connectivity index (χ2n) is 27.2. The summed E-state index contributed by atoms with van der Waals surface area (Å²) in [6.45, 7) is 6.38. The molecule has 11 rings (SSSR count). The summed E-state index contributed by atoms with van der Waals surface area (Å²) in [7, 11) is 5.36. The number of amides is 5. The van der Waals surface area contributed by atoms with Gasteiger partial charge in [0, 0.05) is 114 Å². The van der Waals surface area contributed by atoms with Crippen LogP contribution in [0.4, 0.5) is 46.9 Å². The maximum atomic E-state index is 14.3. The second-order valence-corrected chi connectivity index (χ2v) is 27.2. The fraction of sp³-hybridized carbons (Fsp3) is 0.461. The number of fused-ring (bicyclic) bond motifs is 2. The topological polar surface area (TPSA) is 148 Å². The van der Waals surface area contributed by atoms with E-state index in [0.29, 0.717) is 106 Å². The zero-order chi connectivity index (χ0) is 70.1. The highest BCUT2D eigenvalue weighted by atomic mass is 19.4. The van der Waals surface area contributed by atoms with Crippen molar-refractivity contribution in [3.05, 3.63) is 190 Å². The van der Waals surface area contributed by atoms with E-state index in [9.17, 15) is 54.7 Å². The molecule has 528 valence electrons. The first-order valence-electron chi connectivity index (χ1n) is 34.3. The van der Waals surface area contributed by atoms with Crippen LogP contribution in [0, 0.1) is 11.7 Å². The lowest BCUT2D eigenvalue weighted by Gasteiger charge is -2.44. The van der Waals surface area contributed by atoms with Crippen molar-refractivity contribution < 1.29 is 68.9 Å². The molecule has 4 fully saturated rings. The quantitative estimate of drug-likeness (QED) is 0.0611. The van der Waals surface area contributed by atoms with Gasteiger partial charge in [-0.1, -0.05) is 84.9 Å². The number of benzene rings is 6. The lowest BCUT2D eigenvalue weighted by Crippen LogP contribution is -2.50. The average molecular weight is 1370 g/mol. The van der Waals surface area contributed by atoms with Gasteiger partial charge in [0.2, 0.25) is 11.8 Å². The third kappa shape index (κ3) is 17.6. The van der Waals surface area contributed by atoms with Gasteiger partial charge in [0.05, 0.1) is 29.5 Å². The summed E-state index contributed by atoms with van der Waals surface area (Å²) < 4.78 is 116. The molecule has 1 spiro atoms. The van der Waals surface area contributed by atoms with Crippen molar-refractivity contribution in [1.29, 1.82) is 0 Å². The monoisotopic (exact) mass is 1370 g/mol. The Labute approximate surface area is 573 Å². The molecule has 0 radical (unpaired) electrons. The van der Waals surface area contributed by atoms with Crippen LogP contribution in [-0.2, 0) is 53.6 Å². The number of halogens is 7. The molecule has 16 nitrogen and oxygen atoms in total. The molecule has 4 aliphatic heterocycles. The number of nitrogens with zero attached hydrogens (tertiary/aromatic N) is 7. The summed E-state index contributed by atoms with van der Waals surface area (Å²) >= 11 is 0. The Hall–Kier alpha value is -8.38. The number of carbonyl (C=O) groups excluding carboxylic acids is 5. The molecular formula is C76H87F7N8O8. The second kappa shape index (κ2) is 31.4. The van der Waals surface area contributed by atoms with Crippen LogP contribution in [0.3, 0.4) is 0 Å². The number of piperidine rings is 3. The van der Waals surface area contributed by atoms with Gasteiger partial charge in [-0.3, -0.25) is 24.5 Å². The molecule has 0 unspecified atom stereocenters. The van der Waals surface area contributed by atoms with Crippen LogP contribution >= 0.6 is 0 Å². The van der Waals surface area contributed by atoms with Gasteiger partial charge in [-0.2, -0.15) is 26.3 Å². The van der Waals surface area contributed by atoms with E-state index >= 15 is 0 Å². The fourth-order valence-corrected chi connectivity index (χ4v) is 14.8. The molecule has 6 aromatic carbocycles. The number of hydrogen-bond acceptors (Lipinski definition) is 11. The Balaban J connectivity index is 0.577. The third-order valence-corrected chi connectivity index (χ3v) is 20.9. The predicted molar refractivity (Wildman–Crippen MR) is 362 cm³/mol. The van der Waals surface area contributed by atoms with Crippen LogP contribution in [0.2, 0.25) is 0 Å². The van der Waals surface area contributed by atoms with E-state index in [1.165, 1.54) is 29.8 Å². The van der Waals surface area contributed by atoms with Crippen molar-refractivity contribution in [2.45, 2.75) is 106 Å². The molecule has 0 saturated carbocycles. The van der Waals surface area contributed by atoms with E-state index in [2.05, 4.69) is 32.1 Å². The van der Waals surface area contributed by atoms with Crippen LogP contribution in [0.25, 0.3) is 11.1 Å². The number of rotatable bonds is 23. The number of nitrogens with one attached hydrogen (secondary N) is 1. The molecule has 99 heavy (non-hydrogen) atoms. The van der Waals surface area contributed by atoms with Gasteiger partial charge in [-0.05, 0) is 166 Å². The van der Waals surface area contributed by atoms with Crippen molar-refractivity contribution in [3.8, 4) is 11.1 Å². The van der Waals surface area contributed by atoms with Crippen LogP contribution < -0.4 is 10.2 Å². The van der Waals surface area contributed by atoms with Crippen LogP contribution in [-0.4, -0.2) is 184 Å². The zero-order valence-electron chi connectivity index (χ0n) is 56.3. The lowest BCUT2D eigenvalue weighted by atomic mass is 9.72. The normalized spacial score (nSPS) is 19.2. The van der Waals surface area contributed by atoms with Crippen molar-refractivity contribution in [2.75, 3.05) is 123 Å². The summed E-state index contributed by atoms with van der Waals surface area (Å²) in [6.07, 6.45) is -3.71. The summed E-state index contributed by atoms with van der Waals surface area (Å²) in [4.78, 5) is 80.4. The summed E-state index contributed by atoms with van der Waals surface area (Å²) in [5.74, 6) is -1.32. The minimum Gasteiger partial charge on any atom is -0.446 e. The predicted octanol–water partition coefficient (Wildman–Crippen LogP) is 13.0. The molecule has 4 heterocycles. The van der Waals surface area contributed by atoms with Crippen molar-refractivity contribution >= 4 is 41.1 Å². The smallest absolute Gasteiger partial charge is 0.416 e. The largest absolute Gasteiger partial charge is 0.446 e. The summed E-state index contributed by atoms with van der Waals surface area (Å²) in [5.41, 5.74) is 1.40. The van der Waals surface area contributed by atoms with E-state index < -0.39 is 64.6 Å². The standard InChI is InChI=1S/C76H87F7N8O8/c1-85(35-11-36-87(3)70(94)55-19-25-62(26-20-55)90-39-28-53(29-40-90)18-27-68(92)86(2)44-45-88-37-30-63(31-38-88)99-72(96)84-66-17-10-8-15-64(66)54-12-5-4-6-13-54)69(93)50-97-67-48-56-14-7-9-16-65(56)73(67)32-41-89(42-33-73)43-34-74(58-21-23-61(77)24-22-58)51-91(52-98-74)71(95)57-46-59(75(78,79)80)49-60(47-57)76(81,82)83/h4-10,12-17,19-26,46-47,49,53,63,67H,11,18,27-45,48,50-52H2,1-3H3,(H,84,96)/t67-,74-/m0/s1. The highest BCUT2D eigenvalue weighted by molar-refractivity contribution is 5.95. The van der Waals surface area contributed by atoms with Gasteiger partial charge in [0.25, 0.3) is 11.8 Å². The number of carbonyl (C=O) groups is 5. The van der Waals surface area contributed by atoms with Gasteiger partial charge in [0.15, 0.2) is 0 Å². The maximum Gasteiger partial charge on any atom is 0.416 e. The van der Waals surface area contributed by atoms with Gasteiger partial charge in [-0.15, -0.1) is 0 Å². The molecule has 6 aromatic rings. The zero-order valence-corrected chi connectivity index (χ0v) is 56.3. The van der Waals surface area contributed by atoms with Crippen LogP contribution in [0.15, 0.2) is 146 Å². The first-order chi connectivity index (χ1) is 47.4. The molecule has 1 aliphatic carbocycles. The number of alkyl halides is 6. The summed E-state index contributed by atoms with van der Waals surface area (Å²) in [5, 5.41) is 2.94. The average Bonchev–Trinajstić information content (AvgIpc) is 1.60. The van der Waals surface area contributed by atoms with Crippen LogP contribution in [0.1, 0.15) is 113 Å². The Kier molecular flexibility index (Phi) is 22.8. The number of anilines is 2. The first kappa shape index (κ1) is 71.9. The molecule has 0 aromatic heterocycles. The molecule has 2 atom stereocenters. The molecule has 1 N–H and O–H groups in total. The Bertz CT molecular complexity index is 3730. The van der Waals surface area contributed by atoms with E-state index in [1.807, 2.05) is 103 Å². The van der Waals surface area contributed by atoms with Crippen molar-refractivity contribution in [3.63, 3.8) is 0 Å². The molecule has 0 bridgehead atoms. The Morgan fingerprint density at radius 3 is 1.96 bits per heavy atom. The van der Waals surface area contributed by atoms with Crippen molar-refractivity contribution in [1.82, 2.24) is 29.4 Å². The minimum absolute atomic E-state index is 0.0267. The SMILES string of the molecule is CN(CCN1CCC(OC(=O)Nc2ccccc2-c2ccccc2)CC1)C(=O)CCC1CCN(c2ccc(C(=O)N(C)CCCN(C)C(=O)CO[C@H]3Cc4ccccc4C34CCN(CC[C@@]3(c5ccc(F)cc5)CN(C(=O)c5cc(C(F)(F)F)cc(C(F)(F)F)c5)CO3)CC4)cc2)CC1. The fourth-order valence-electron chi connectivity index (χ4n) is 14.8. The lowest BCUT2D eigenvalue weighted by molar-refractivity contribution is -0.143.